The molecule has 2 rings (SSSR count). The normalized spacial score (nSPS) is 11.4. The van der Waals surface area contributed by atoms with Gasteiger partial charge in [-0.1, -0.05) is 0 Å². The molecule has 0 aliphatic rings. The third-order valence-corrected chi connectivity index (χ3v) is 5.65. The van der Waals surface area contributed by atoms with Gasteiger partial charge in [0.25, 0.3) is 15.9 Å². The van der Waals surface area contributed by atoms with Crippen LogP contribution < -0.4 is 9.46 Å². The van der Waals surface area contributed by atoms with Crippen LogP contribution >= 0.6 is 11.3 Å². The maximum absolute atomic E-state index is 12.3. The number of hydrogen-bond acceptors (Lipinski definition) is 6. The predicted octanol–water partition coefficient (Wildman–Crippen LogP) is 1.30. The number of carboxylic acids is 1. The van der Waals surface area contributed by atoms with Gasteiger partial charge in [0, 0.05) is 7.05 Å². The van der Waals surface area contributed by atoms with Gasteiger partial charge >= 0.3 is 5.97 Å². The standard InChI is InChI=1S/C11H13N3O5S2/c1-6-4-8(20-9(6)11(15)16)21(17,18)13-7-5-14(2)12-10(7)19-3/h4-5,13H,1-3H3,(H,15,16). The fourth-order valence-corrected chi connectivity index (χ4v) is 4.10. The highest BCUT2D eigenvalue weighted by Gasteiger charge is 2.23. The lowest BCUT2D eigenvalue weighted by Gasteiger charge is -2.04. The van der Waals surface area contributed by atoms with Crippen molar-refractivity contribution in [2.45, 2.75) is 11.1 Å². The van der Waals surface area contributed by atoms with E-state index < -0.39 is 16.0 Å². The number of nitrogens with zero attached hydrogens (tertiary/aromatic N) is 2. The zero-order valence-electron chi connectivity index (χ0n) is 11.4. The molecule has 2 aromatic heterocycles. The Labute approximate surface area is 125 Å². The van der Waals surface area contributed by atoms with Crippen LogP contribution in [0, 0.1) is 6.92 Å². The predicted molar refractivity (Wildman–Crippen MR) is 76.6 cm³/mol. The fraction of sp³-hybridized carbons (Fsp3) is 0.273. The molecule has 0 saturated carbocycles. The molecule has 21 heavy (non-hydrogen) atoms. The average molecular weight is 331 g/mol. The molecule has 0 aliphatic heterocycles. The molecule has 2 heterocycles. The quantitative estimate of drug-likeness (QED) is 0.854. The summed E-state index contributed by atoms with van der Waals surface area (Å²) in [6.45, 7) is 1.55. The summed E-state index contributed by atoms with van der Waals surface area (Å²) in [5, 5.41) is 12.9. The van der Waals surface area contributed by atoms with E-state index in [0.717, 1.165) is 0 Å². The molecule has 2 aromatic rings. The number of aryl methyl sites for hydroxylation is 2. The number of thiophene rings is 1. The SMILES string of the molecule is COc1nn(C)cc1NS(=O)(=O)c1cc(C)c(C(=O)O)s1. The molecule has 0 spiro atoms. The second kappa shape index (κ2) is 5.37. The molecule has 0 radical (unpaired) electrons. The molecule has 114 valence electrons. The monoisotopic (exact) mass is 331 g/mol. The number of sulfonamides is 1. The van der Waals surface area contributed by atoms with Crippen molar-refractivity contribution in [3.8, 4) is 5.88 Å². The van der Waals surface area contributed by atoms with E-state index in [4.69, 9.17) is 9.84 Å². The summed E-state index contributed by atoms with van der Waals surface area (Å²) in [5.74, 6) is -1.02. The molecule has 0 aromatic carbocycles. The van der Waals surface area contributed by atoms with Crippen LogP contribution in [0.4, 0.5) is 5.69 Å². The molecular formula is C11H13N3O5S2. The molecule has 10 heteroatoms. The maximum Gasteiger partial charge on any atom is 0.346 e. The third-order valence-electron chi connectivity index (χ3n) is 2.59. The van der Waals surface area contributed by atoms with Gasteiger partial charge in [-0.3, -0.25) is 9.40 Å². The van der Waals surface area contributed by atoms with Gasteiger partial charge in [-0.2, -0.15) is 0 Å². The highest BCUT2D eigenvalue weighted by atomic mass is 32.2. The molecule has 0 amide bonds. The molecule has 0 bridgehead atoms. The summed E-state index contributed by atoms with van der Waals surface area (Å²) in [4.78, 5) is 11.0. The number of nitrogens with one attached hydrogen (secondary N) is 1. The van der Waals surface area contributed by atoms with Crippen LogP contribution in [0.1, 0.15) is 15.2 Å². The second-order valence-electron chi connectivity index (χ2n) is 4.21. The third kappa shape index (κ3) is 3.00. The number of anilines is 1. The Hall–Kier alpha value is -2.07. The van der Waals surface area contributed by atoms with Crippen molar-refractivity contribution < 1.29 is 23.1 Å². The molecule has 8 nitrogen and oxygen atoms in total. The Bertz CT molecular complexity index is 791. The summed E-state index contributed by atoms with van der Waals surface area (Å²) in [7, 11) is -0.900. The summed E-state index contributed by atoms with van der Waals surface area (Å²) >= 11 is 0.696. The van der Waals surface area contributed by atoms with Crippen molar-refractivity contribution in [2.24, 2.45) is 7.05 Å². The lowest BCUT2D eigenvalue weighted by Crippen LogP contribution is -2.11. The van der Waals surface area contributed by atoms with Gasteiger partial charge in [0.05, 0.1) is 13.3 Å². The van der Waals surface area contributed by atoms with Gasteiger partial charge in [0.1, 0.15) is 14.8 Å². The van der Waals surface area contributed by atoms with E-state index in [1.54, 1.807) is 14.0 Å². The number of aromatic carboxylic acids is 1. The minimum Gasteiger partial charge on any atom is -0.478 e. The molecule has 0 aliphatic carbocycles. The number of aromatic nitrogens is 2. The van der Waals surface area contributed by atoms with Gasteiger partial charge in [-0.25, -0.2) is 13.2 Å². The first-order valence-electron chi connectivity index (χ1n) is 5.68. The van der Waals surface area contributed by atoms with Gasteiger partial charge in [0.2, 0.25) is 0 Å². The van der Waals surface area contributed by atoms with E-state index in [1.807, 2.05) is 0 Å². The van der Waals surface area contributed by atoms with E-state index in [9.17, 15) is 13.2 Å². The van der Waals surface area contributed by atoms with Crippen LogP contribution in [-0.2, 0) is 17.1 Å². The highest BCUT2D eigenvalue weighted by molar-refractivity contribution is 7.94. The van der Waals surface area contributed by atoms with Crippen molar-refractivity contribution >= 4 is 33.0 Å². The summed E-state index contributed by atoms with van der Waals surface area (Å²) < 4.78 is 33.2. The van der Waals surface area contributed by atoms with Crippen molar-refractivity contribution in [3.63, 3.8) is 0 Å². The minimum atomic E-state index is -3.90. The Kier molecular flexibility index (Phi) is 3.92. The average Bonchev–Trinajstić information content (AvgIpc) is 2.92. The molecule has 0 atom stereocenters. The smallest absolute Gasteiger partial charge is 0.346 e. The van der Waals surface area contributed by atoms with E-state index in [2.05, 4.69) is 9.82 Å². The number of hydrogen-bond donors (Lipinski definition) is 2. The molecule has 2 N–H and O–H groups in total. The zero-order chi connectivity index (χ0) is 15.8. The number of methoxy groups -OCH3 is 1. The second-order valence-corrected chi connectivity index (χ2v) is 7.18. The number of carboxylic acid groups (broad SMARTS) is 1. The van der Waals surface area contributed by atoms with E-state index in [-0.39, 0.29) is 20.7 Å². The van der Waals surface area contributed by atoms with Crippen LogP contribution in [0.3, 0.4) is 0 Å². The number of carbonyl (C=O) groups is 1. The Morgan fingerprint density at radius 1 is 1.52 bits per heavy atom. The molecule has 0 unspecified atom stereocenters. The van der Waals surface area contributed by atoms with Crippen molar-refractivity contribution in [1.82, 2.24) is 9.78 Å². The minimum absolute atomic E-state index is 0.00599. The topological polar surface area (TPSA) is 111 Å². The van der Waals surface area contributed by atoms with E-state index >= 15 is 0 Å². The first-order valence-corrected chi connectivity index (χ1v) is 7.98. The zero-order valence-corrected chi connectivity index (χ0v) is 13.1. The van der Waals surface area contributed by atoms with Gasteiger partial charge < -0.3 is 9.84 Å². The fourth-order valence-electron chi connectivity index (χ4n) is 1.68. The lowest BCUT2D eigenvalue weighted by molar-refractivity contribution is 0.0701. The first-order chi connectivity index (χ1) is 9.74. The number of rotatable bonds is 5. The Balaban J connectivity index is 2.38. The summed E-state index contributed by atoms with van der Waals surface area (Å²) in [6, 6.07) is 1.32. The molecule has 0 saturated heterocycles. The van der Waals surface area contributed by atoms with Crippen molar-refractivity contribution in [1.29, 1.82) is 0 Å². The summed E-state index contributed by atoms with van der Waals surface area (Å²) in [5.41, 5.74) is 0.578. The van der Waals surface area contributed by atoms with Gasteiger partial charge in [0.15, 0.2) is 0 Å². The molecule has 0 fully saturated rings. The van der Waals surface area contributed by atoms with Crippen LogP contribution in [0.5, 0.6) is 5.88 Å². The van der Waals surface area contributed by atoms with Crippen LogP contribution in [0.25, 0.3) is 0 Å². The van der Waals surface area contributed by atoms with Crippen molar-refractivity contribution in [3.05, 3.63) is 22.7 Å². The van der Waals surface area contributed by atoms with Crippen molar-refractivity contribution in [2.75, 3.05) is 11.8 Å². The molecular weight excluding hydrogens is 318 g/mol. The maximum atomic E-state index is 12.3. The largest absolute Gasteiger partial charge is 0.478 e. The van der Waals surface area contributed by atoms with Crippen LogP contribution in [0.15, 0.2) is 16.5 Å². The highest BCUT2D eigenvalue weighted by Crippen LogP contribution is 2.30. The van der Waals surface area contributed by atoms with Gasteiger partial charge in [-0.15, -0.1) is 16.4 Å². The lowest BCUT2D eigenvalue weighted by atomic mass is 10.3. The summed E-state index contributed by atoms with van der Waals surface area (Å²) in [6.07, 6.45) is 1.45. The Morgan fingerprint density at radius 2 is 2.19 bits per heavy atom. The first kappa shape index (κ1) is 15.3. The van der Waals surface area contributed by atoms with E-state index in [0.29, 0.717) is 16.9 Å². The van der Waals surface area contributed by atoms with E-state index in [1.165, 1.54) is 24.1 Å². The number of ether oxygens (including phenoxy) is 1. The van der Waals surface area contributed by atoms with Crippen LogP contribution in [0.2, 0.25) is 0 Å². The Morgan fingerprint density at radius 3 is 2.71 bits per heavy atom. The van der Waals surface area contributed by atoms with Gasteiger partial charge in [-0.05, 0) is 18.6 Å². The van der Waals surface area contributed by atoms with Crippen LogP contribution in [-0.4, -0.2) is 36.4 Å².